The Balaban J connectivity index is 0.000000659. The molecule has 330 valence electrons. The van der Waals surface area contributed by atoms with E-state index in [-0.39, 0.29) is 0 Å². The predicted octanol–water partition coefficient (Wildman–Crippen LogP) is 14.9. The largest absolute Gasteiger partial charge is 0.462 e. The van der Waals surface area contributed by atoms with Gasteiger partial charge < -0.3 is 9.47 Å². The van der Waals surface area contributed by atoms with E-state index in [4.69, 9.17) is 9.47 Å². The quantitative estimate of drug-likeness (QED) is 0.0491. The number of ether oxygens (including phenoxy) is 2. The Kier molecular flexibility index (Phi) is 27.5. The molecule has 0 radical (unpaired) electrons. The number of carbonyl (C=O) groups excluding carboxylic acids is 2. The molecule has 0 aliphatic heterocycles. The van der Waals surface area contributed by atoms with Crippen LogP contribution in [-0.2, 0) is 19.3 Å². The minimum absolute atomic E-state index is 0.315. The molecule has 0 saturated heterocycles. The van der Waals surface area contributed by atoms with Gasteiger partial charge in [0, 0.05) is 0 Å². The van der Waals surface area contributed by atoms with Gasteiger partial charge in [-0.1, -0.05) is 193 Å². The topological polar surface area (TPSA) is 86.7 Å². The van der Waals surface area contributed by atoms with E-state index >= 15 is 0 Å². The zero-order chi connectivity index (χ0) is 43.1. The molecular formula is C52H80O6S. The van der Waals surface area contributed by atoms with Gasteiger partial charge in [0.1, 0.15) is 0 Å². The number of rotatable bonds is 30. The Morgan fingerprint density at radius 2 is 0.695 bits per heavy atom. The maximum Gasteiger partial charge on any atom is 0.339 e. The summed E-state index contributed by atoms with van der Waals surface area (Å²) in [4.78, 5) is 26.8. The SMILES string of the molecule is CCCCC(CCC)C(CCCC)CCCOC(=O)c1ccccc1C(=O)OCCCC(CCCC)C(CCC)CCCC.O=S(=O)(c1ccccc1)c1ccccc1. The van der Waals surface area contributed by atoms with Crippen molar-refractivity contribution in [3.05, 3.63) is 96.1 Å². The van der Waals surface area contributed by atoms with Crippen LogP contribution < -0.4 is 0 Å². The number of hydrogen-bond acceptors (Lipinski definition) is 6. The van der Waals surface area contributed by atoms with E-state index in [1.54, 1.807) is 84.9 Å². The van der Waals surface area contributed by atoms with Crippen molar-refractivity contribution in [1.29, 1.82) is 0 Å². The third-order valence-electron chi connectivity index (χ3n) is 11.7. The van der Waals surface area contributed by atoms with Crippen molar-refractivity contribution in [3.8, 4) is 0 Å². The Morgan fingerprint density at radius 3 is 1.00 bits per heavy atom. The van der Waals surface area contributed by atoms with E-state index < -0.39 is 21.8 Å². The summed E-state index contributed by atoms with van der Waals surface area (Å²) in [5.41, 5.74) is 0.630. The number of unbranched alkanes of at least 4 members (excludes halogenated alkanes) is 4. The highest BCUT2D eigenvalue weighted by molar-refractivity contribution is 7.91. The van der Waals surface area contributed by atoms with Gasteiger partial charge in [0.25, 0.3) is 0 Å². The zero-order valence-corrected chi connectivity index (χ0v) is 38.6. The van der Waals surface area contributed by atoms with Crippen molar-refractivity contribution in [3.63, 3.8) is 0 Å². The van der Waals surface area contributed by atoms with Crippen LogP contribution in [-0.4, -0.2) is 33.6 Å². The van der Waals surface area contributed by atoms with Crippen molar-refractivity contribution in [2.24, 2.45) is 23.7 Å². The highest BCUT2D eigenvalue weighted by Crippen LogP contribution is 2.33. The van der Waals surface area contributed by atoms with Gasteiger partial charge >= 0.3 is 11.9 Å². The van der Waals surface area contributed by atoms with E-state index in [1.165, 1.54) is 103 Å². The molecule has 0 fully saturated rings. The average Bonchev–Trinajstić information content (AvgIpc) is 3.27. The first-order chi connectivity index (χ1) is 28.7. The van der Waals surface area contributed by atoms with Crippen LogP contribution in [0.15, 0.2) is 94.7 Å². The summed E-state index contributed by atoms with van der Waals surface area (Å²) in [6, 6.07) is 23.8. The van der Waals surface area contributed by atoms with Crippen LogP contribution in [0.4, 0.5) is 0 Å². The van der Waals surface area contributed by atoms with Crippen LogP contribution in [0.3, 0.4) is 0 Å². The molecule has 3 rings (SSSR count). The Labute approximate surface area is 360 Å². The lowest BCUT2D eigenvalue weighted by molar-refractivity contribution is 0.0441. The van der Waals surface area contributed by atoms with Crippen LogP contribution in [0.1, 0.15) is 191 Å². The molecule has 0 aromatic heterocycles. The first kappa shape index (κ1) is 51.7. The smallest absolute Gasteiger partial charge is 0.339 e. The first-order valence-electron chi connectivity index (χ1n) is 23.5. The van der Waals surface area contributed by atoms with Gasteiger partial charge in [-0.05, 0) is 85.8 Å². The minimum Gasteiger partial charge on any atom is -0.462 e. The summed E-state index contributed by atoms with van der Waals surface area (Å²) in [7, 11) is -3.34. The molecule has 0 spiro atoms. The molecular weight excluding hydrogens is 753 g/mol. The summed E-state index contributed by atoms with van der Waals surface area (Å²) in [6.45, 7) is 14.5. The van der Waals surface area contributed by atoms with Gasteiger partial charge in [-0.3, -0.25) is 0 Å². The normalized spacial score (nSPS) is 13.4. The lowest BCUT2D eigenvalue weighted by atomic mass is 9.79. The molecule has 4 unspecified atom stereocenters. The molecule has 3 aromatic carbocycles. The minimum atomic E-state index is -3.34. The molecule has 3 aromatic rings. The molecule has 0 aliphatic carbocycles. The summed E-state index contributed by atoms with van der Waals surface area (Å²) in [6.07, 6.45) is 24.2. The lowest BCUT2D eigenvalue weighted by Crippen LogP contribution is -2.18. The summed E-state index contributed by atoms with van der Waals surface area (Å²) < 4.78 is 35.5. The molecule has 6 nitrogen and oxygen atoms in total. The summed E-state index contributed by atoms with van der Waals surface area (Å²) in [5.74, 6) is 2.11. The molecule has 0 heterocycles. The molecule has 7 heteroatoms. The van der Waals surface area contributed by atoms with Crippen LogP contribution >= 0.6 is 0 Å². The van der Waals surface area contributed by atoms with Crippen molar-refractivity contribution in [2.75, 3.05) is 13.2 Å². The maximum atomic E-state index is 13.1. The second-order valence-corrected chi connectivity index (χ2v) is 18.4. The molecule has 0 bridgehead atoms. The molecule has 59 heavy (non-hydrogen) atoms. The standard InChI is InChI=1S/C40H70O4.C12H10O2S/c1-7-13-23-33(21-11-5)35(25-15-9-3)27-19-31-43-39(41)37-29-17-18-30-38(37)40(42)44-32-20-28-36(26-16-10-4)34(22-12-6)24-14-8-2;13-15(14,11-7-3-1-4-8-11)12-9-5-2-6-10-12/h17-18,29-30,33-36H,7-16,19-28,31-32H2,1-6H3;1-10H. The fourth-order valence-electron chi connectivity index (χ4n) is 8.42. The number of benzene rings is 3. The van der Waals surface area contributed by atoms with Crippen LogP contribution in [0, 0.1) is 23.7 Å². The zero-order valence-electron chi connectivity index (χ0n) is 37.8. The summed E-state index contributed by atoms with van der Waals surface area (Å²) in [5, 5.41) is 0. The van der Waals surface area contributed by atoms with Gasteiger partial charge in [0.15, 0.2) is 0 Å². The average molecular weight is 833 g/mol. The third-order valence-corrected chi connectivity index (χ3v) is 13.5. The van der Waals surface area contributed by atoms with E-state index in [2.05, 4.69) is 41.5 Å². The fourth-order valence-corrected chi connectivity index (χ4v) is 9.72. The Hall–Kier alpha value is -3.45. The van der Waals surface area contributed by atoms with Crippen LogP contribution in [0.25, 0.3) is 0 Å². The van der Waals surface area contributed by atoms with E-state index in [1.807, 2.05) is 0 Å². The van der Waals surface area contributed by atoms with Gasteiger partial charge in [-0.2, -0.15) is 0 Å². The monoisotopic (exact) mass is 833 g/mol. The van der Waals surface area contributed by atoms with Crippen molar-refractivity contribution < 1.29 is 27.5 Å². The fraction of sp³-hybridized carbons (Fsp3) is 0.615. The van der Waals surface area contributed by atoms with E-state index in [0.29, 0.717) is 46.0 Å². The van der Waals surface area contributed by atoms with Crippen molar-refractivity contribution in [1.82, 2.24) is 0 Å². The van der Waals surface area contributed by atoms with Crippen molar-refractivity contribution in [2.45, 2.75) is 180 Å². The number of hydrogen-bond donors (Lipinski definition) is 0. The number of sulfone groups is 1. The van der Waals surface area contributed by atoms with Gasteiger partial charge in [0.2, 0.25) is 9.84 Å². The van der Waals surface area contributed by atoms with Crippen LogP contribution in [0.2, 0.25) is 0 Å². The number of carbonyl (C=O) groups is 2. The Morgan fingerprint density at radius 1 is 0.407 bits per heavy atom. The second-order valence-electron chi connectivity index (χ2n) is 16.4. The van der Waals surface area contributed by atoms with Crippen molar-refractivity contribution >= 4 is 21.8 Å². The molecule has 0 saturated carbocycles. The van der Waals surface area contributed by atoms with Gasteiger partial charge in [-0.25, -0.2) is 18.0 Å². The molecule has 0 amide bonds. The molecule has 4 atom stereocenters. The first-order valence-corrected chi connectivity index (χ1v) is 24.9. The van der Waals surface area contributed by atoms with Crippen LogP contribution in [0.5, 0.6) is 0 Å². The lowest BCUT2D eigenvalue weighted by Gasteiger charge is -2.27. The second kappa shape index (κ2) is 31.4. The Bertz CT molecular complexity index is 1510. The third kappa shape index (κ3) is 19.7. The van der Waals surface area contributed by atoms with E-state index in [9.17, 15) is 18.0 Å². The summed E-state index contributed by atoms with van der Waals surface area (Å²) >= 11 is 0. The molecule has 0 aliphatic rings. The number of esters is 2. The highest BCUT2D eigenvalue weighted by atomic mass is 32.2. The predicted molar refractivity (Wildman–Crippen MR) is 246 cm³/mol. The van der Waals surface area contributed by atoms with Gasteiger partial charge in [-0.15, -0.1) is 0 Å². The van der Waals surface area contributed by atoms with E-state index in [0.717, 1.165) is 37.5 Å². The van der Waals surface area contributed by atoms with Gasteiger partial charge in [0.05, 0.1) is 34.1 Å². The highest BCUT2D eigenvalue weighted by Gasteiger charge is 2.23. The molecule has 0 N–H and O–H groups in total. The maximum absolute atomic E-state index is 13.1.